The quantitative estimate of drug-likeness (QED) is 0.622. The maximum absolute atomic E-state index is 13.8. The van der Waals surface area contributed by atoms with Crippen molar-refractivity contribution in [2.24, 2.45) is 4.99 Å². The average Bonchev–Trinajstić information content (AvgIpc) is 3.06. The highest BCUT2D eigenvalue weighted by atomic mass is 32.1. The molecule has 0 unspecified atom stereocenters. The van der Waals surface area contributed by atoms with E-state index in [0.717, 1.165) is 13.0 Å². The third kappa shape index (κ3) is 5.07. The highest BCUT2D eigenvalue weighted by Gasteiger charge is 2.05. The summed E-state index contributed by atoms with van der Waals surface area (Å²) < 4.78 is 13.8. The summed E-state index contributed by atoms with van der Waals surface area (Å²) in [4.78, 5) is 6.99. The lowest BCUT2D eigenvalue weighted by Gasteiger charge is -2.10. The van der Waals surface area contributed by atoms with Gasteiger partial charge < -0.3 is 10.6 Å². The fourth-order valence-electron chi connectivity index (χ4n) is 2.15. The molecule has 0 atom stereocenters. The van der Waals surface area contributed by atoms with E-state index >= 15 is 0 Å². The second kappa shape index (κ2) is 9.04. The van der Waals surface area contributed by atoms with Crippen LogP contribution in [0.3, 0.4) is 0 Å². The number of aryl methyl sites for hydroxylation is 1. The summed E-state index contributed by atoms with van der Waals surface area (Å²) in [5, 5.41) is 15.3. The van der Waals surface area contributed by atoms with Gasteiger partial charge in [0.1, 0.15) is 5.82 Å². The van der Waals surface area contributed by atoms with Crippen LogP contribution in [-0.4, -0.2) is 12.5 Å². The number of aliphatic imine (C=N–C) groups is 1. The van der Waals surface area contributed by atoms with E-state index in [2.05, 4.69) is 34.7 Å². The molecule has 24 heavy (non-hydrogen) atoms. The van der Waals surface area contributed by atoms with Gasteiger partial charge in [-0.25, -0.2) is 9.38 Å². The molecular weight excluding hydrogens is 323 g/mol. The van der Waals surface area contributed by atoms with E-state index in [0.29, 0.717) is 23.6 Å². The van der Waals surface area contributed by atoms with E-state index in [1.54, 1.807) is 11.3 Å². The molecule has 0 radical (unpaired) electrons. The number of hydrogen-bond acceptors (Lipinski definition) is 3. The Labute approximate surface area is 146 Å². The van der Waals surface area contributed by atoms with Crippen LogP contribution in [-0.2, 0) is 19.5 Å². The van der Waals surface area contributed by atoms with Gasteiger partial charge in [-0.1, -0.05) is 6.92 Å². The minimum atomic E-state index is -0.348. The zero-order chi connectivity index (χ0) is 17.4. The van der Waals surface area contributed by atoms with Gasteiger partial charge in [-0.2, -0.15) is 5.26 Å². The summed E-state index contributed by atoms with van der Waals surface area (Å²) in [5.74, 6) is 0.283. The molecule has 2 aromatic rings. The molecule has 0 aliphatic heterocycles. The van der Waals surface area contributed by atoms with Crippen molar-refractivity contribution in [3.8, 4) is 6.07 Å². The highest BCUT2D eigenvalue weighted by Crippen LogP contribution is 2.16. The third-order valence-electron chi connectivity index (χ3n) is 3.42. The van der Waals surface area contributed by atoms with Crippen LogP contribution in [0.1, 0.15) is 34.7 Å². The number of thiophene rings is 1. The molecule has 0 fully saturated rings. The van der Waals surface area contributed by atoms with E-state index in [1.165, 1.54) is 28.0 Å². The van der Waals surface area contributed by atoms with Crippen molar-refractivity contribution in [1.82, 2.24) is 10.6 Å². The third-order valence-corrected chi connectivity index (χ3v) is 4.65. The van der Waals surface area contributed by atoms with Crippen LogP contribution >= 0.6 is 11.3 Å². The van der Waals surface area contributed by atoms with Crippen LogP contribution in [0.2, 0.25) is 0 Å². The van der Waals surface area contributed by atoms with Gasteiger partial charge >= 0.3 is 0 Å². The topological polar surface area (TPSA) is 60.2 Å². The van der Waals surface area contributed by atoms with Crippen LogP contribution in [0.25, 0.3) is 0 Å². The Kier molecular flexibility index (Phi) is 6.76. The number of hydrogen-bond donors (Lipinski definition) is 2. The number of nitrogens with one attached hydrogen (secondary N) is 2. The molecular formula is C18H21FN4S. The summed E-state index contributed by atoms with van der Waals surface area (Å²) in [6.45, 7) is 5.70. The molecule has 1 aromatic heterocycles. The molecule has 0 bridgehead atoms. The number of rotatable bonds is 6. The average molecular weight is 344 g/mol. The summed E-state index contributed by atoms with van der Waals surface area (Å²) in [6, 6.07) is 10.6. The molecule has 2 N–H and O–H groups in total. The van der Waals surface area contributed by atoms with Crippen molar-refractivity contribution >= 4 is 17.3 Å². The van der Waals surface area contributed by atoms with Crippen LogP contribution in [0, 0.1) is 17.1 Å². The van der Waals surface area contributed by atoms with Crippen molar-refractivity contribution in [2.45, 2.75) is 33.4 Å². The Hall–Kier alpha value is -2.39. The second-order valence-electron chi connectivity index (χ2n) is 5.19. The Morgan fingerprint density at radius 2 is 2.00 bits per heavy atom. The maximum Gasteiger partial charge on any atom is 0.191 e. The van der Waals surface area contributed by atoms with E-state index in [4.69, 9.17) is 5.26 Å². The van der Waals surface area contributed by atoms with E-state index < -0.39 is 0 Å². The van der Waals surface area contributed by atoms with Crippen LogP contribution in [0.15, 0.2) is 35.3 Å². The highest BCUT2D eigenvalue weighted by molar-refractivity contribution is 7.11. The molecule has 0 aliphatic rings. The molecule has 0 saturated heterocycles. The summed E-state index contributed by atoms with van der Waals surface area (Å²) >= 11 is 1.77. The van der Waals surface area contributed by atoms with Gasteiger partial charge in [0.25, 0.3) is 0 Å². The van der Waals surface area contributed by atoms with Crippen molar-refractivity contribution in [3.63, 3.8) is 0 Å². The normalized spacial score (nSPS) is 11.2. The van der Waals surface area contributed by atoms with Crippen molar-refractivity contribution < 1.29 is 4.39 Å². The van der Waals surface area contributed by atoms with Crippen LogP contribution in [0.5, 0.6) is 0 Å². The predicted molar refractivity (Wildman–Crippen MR) is 96.5 cm³/mol. The molecule has 0 spiro atoms. The van der Waals surface area contributed by atoms with E-state index in [1.807, 2.05) is 13.0 Å². The van der Waals surface area contributed by atoms with E-state index in [-0.39, 0.29) is 12.4 Å². The lowest BCUT2D eigenvalue weighted by atomic mass is 10.1. The molecule has 1 aromatic carbocycles. The number of nitrogens with zero attached hydrogens (tertiary/aromatic N) is 2. The van der Waals surface area contributed by atoms with Gasteiger partial charge in [0, 0.05) is 21.9 Å². The minimum Gasteiger partial charge on any atom is -0.357 e. The Morgan fingerprint density at radius 1 is 1.21 bits per heavy atom. The first-order valence-electron chi connectivity index (χ1n) is 7.94. The Balaban J connectivity index is 2.03. The van der Waals surface area contributed by atoms with Gasteiger partial charge in [0.15, 0.2) is 5.96 Å². The molecule has 126 valence electrons. The van der Waals surface area contributed by atoms with Crippen LogP contribution < -0.4 is 10.6 Å². The van der Waals surface area contributed by atoms with Crippen LogP contribution in [0.4, 0.5) is 4.39 Å². The van der Waals surface area contributed by atoms with Gasteiger partial charge in [0.2, 0.25) is 0 Å². The zero-order valence-electron chi connectivity index (χ0n) is 13.9. The minimum absolute atomic E-state index is 0.182. The van der Waals surface area contributed by atoms with Gasteiger partial charge in [0.05, 0.1) is 24.7 Å². The second-order valence-corrected chi connectivity index (χ2v) is 6.44. The first-order chi connectivity index (χ1) is 11.7. The number of guanidine groups is 1. The summed E-state index contributed by atoms with van der Waals surface area (Å²) in [5.41, 5.74) is 0.848. The van der Waals surface area contributed by atoms with Crippen molar-refractivity contribution in [3.05, 3.63) is 57.0 Å². The number of benzene rings is 1. The fourth-order valence-corrected chi connectivity index (χ4v) is 3.05. The molecule has 2 rings (SSSR count). The summed E-state index contributed by atoms with van der Waals surface area (Å²) in [7, 11) is 0. The lowest BCUT2D eigenvalue weighted by molar-refractivity contribution is 0.610. The molecule has 0 saturated carbocycles. The number of nitriles is 1. The molecule has 1 heterocycles. The largest absolute Gasteiger partial charge is 0.357 e. The first-order valence-corrected chi connectivity index (χ1v) is 8.76. The molecule has 0 amide bonds. The van der Waals surface area contributed by atoms with Gasteiger partial charge in [-0.15, -0.1) is 11.3 Å². The molecule has 0 aliphatic carbocycles. The maximum atomic E-state index is 13.8. The fraction of sp³-hybridized carbons (Fsp3) is 0.333. The van der Waals surface area contributed by atoms with E-state index in [9.17, 15) is 4.39 Å². The van der Waals surface area contributed by atoms with Crippen molar-refractivity contribution in [1.29, 1.82) is 5.26 Å². The Morgan fingerprint density at radius 3 is 2.67 bits per heavy atom. The predicted octanol–water partition coefficient (Wildman–Crippen LogP) is 3.58. The number of halogens is 1. The molecule has 6 heteroatoms. The first kappa shape index (κ1) is 18.0. The van der Waals surface area contributed by atoms with Gasteiger partial charge in [-0.05, 0) is 43.7 Å². The standard InChI is InChI=1S/C18H21FN4S/c1-3-15-6-7-16(24-15)12-23-18(21-4-2)22-11-14-9-13(10-20)5-8-17(14)19/h5-9H,3-4,11-12H2,1-2H3,(H2,21,22,23). The summed E-state index contributed by atoms with van der Waals surface area (Å²) in [6.07, 6.45) is 1.04. The van der Waals surface area contributed by atoms with Crippen molar-refractivity contribution in [2.75, 3.05) is 6.54 Å². The smallest absolute Gasteiger partial charge is 0.191 e. The van der Waals surface area contributed by atoms with Gasteiger partial charge in [-0.3, -0.25) is 0 Å². The zero-order valence-corrected chi connectivity index (χ0v) is 14.7. The molecule has 4 nitrogen and oxygen atoms in total. The SMILES string of the molecule is CCNC(=NCc1cc(C#N)ccc1F)NCc1ccc(CC)s1. The Bertz CT molecular complexity index is 746. The lowest BCUT2D eigenvalue weighted by Crippen LogP contribution is -2.36. The monoisotopic (exact) mass is 344 g/mol.